The maximum absolute atomic E-state index is 12.0. The van der Waals surface area contributed by atoms with Crippen molar-refractivity contribution in [2.75, 3.05) is 7.11 Å². The first-order chi connectivity index (χ1) is 8.45. The smallest absolute Gasteiger partial charge is 0.337 e. The van der Waals surface area contributed by atoms with Gasteiger partial charge >= 0.3 is 5.97 Å². The fraction of sp³-hybridized carbons (Fsp3) is 0.429. The third-order valence-corrected chi connectivity index (χ3v) is 2.90. The standard InChI is InChI=1S/C14H19NO3/c1-9(2)10(3)15-13(16)11-6-5-7-12(8-11)14(17)18-4/h5-10H,1-4H3,(H,15,16). The third-order valence-electron chi connectivity index (χ3n) is 2.90. The molecule has 1 atom stereocenters. The molecule has 1 rings (SSSR count). The van der Waals surface area contributed by atoms with Crippen LogP contribution in [0.4, 0.5) is 0 Å². The van der Waals surface area contributed by atoms with Crippen LogP contribution < -0.4 is 5.32 Å². The number of amides is 1. The van der Waals surface area contributed by atoms with Crippen molar-refractivity contribution < 1.29 is 14.3 Å². The lowest BCUT2D eigenvalue weighted by atomic mass is 10.1. The molecule has 0 aliphatic heterocycles. The maximum atomic E-state index is 12.0. The summed E-state index contributed by atoms with van der Waals surface area (Å²) < 4.78 is 4.62. The Bertz CT molecular complexity index is 440. The zero-order chi connectivity index (χ0) is 13.7. The highest BCUT2D eigenvalue weighted by Crippen LogP contribution is 2.08. The summed E-state index contributed by atoms with van der Waals surface area (Å²) >= 11 is 0. The lowest BCUT2D eigenvalue weighted by Crippen LogP contribution is -2.36. The first kappa shape index (κ1) is 14.2. The summed E-state index contributed by atoms with van der Waals surface area (Å²) in [6.45, 7) is 6.03. The molecular weight excluding hydrogens is 230 g/mol. The molecule has 0 spiro atoms. The van der Waals surface area contributed by atoms with Gasteiger partial charge in [0.1, 0.15) is 0 Å². The van der Waals surface area contributed by atoms with E-state index in [4.69, 9.17) is 0 Å². The Morgan fingerprint density at radius 1 is 1.17 bits per heavy atom. The Labute approximate surface area is 107 Å². The van der Waals surface area contributed by atoms with E-state index in [1.807, 2.05) is 20.8 Å². The van der Waals surface area contributed by atoms with Crippen LogP contribution in [0, 0.1) is 5.92 Å². The molecule has 4 nitrogen and oxygen atoms in total. The molecule has 1 N–H and O–H groups in total. The van der Waals surface area contributed by atoms with E-state index in [1.165, 1.54) is 13.2 Å². The quantitative estimate of drug-likeness (QED) is 0.833. The molecule has 0 heterocycles. The molecule has 98 valence electrons. The molecule has 1 aromatic rings. The van der Waals surface area contributed by atoms with E-state index < -0.39 is 5.97 Å². The van der Waals surface area contributed by atoms with E-state index in [0.717, 1.165) is 0 Å². The molecular formula is C14H19NO3. The molecule has 0 aliphatic rings. The second-order valence-corrected chi connectivity index (χ2v) is 4.58. The van der Waals surface area contributed by atoms with Gasteiger partial charge in [0.05, 0.1) is 12.7 Å². The second kappa shape index (κ2) is 6.19. The van der Waals surface area contributed by atoms with E-state index in [0.29, 0.717) is 17.0 Å². The van der Waals surface area contributed by atoms with Crippen LogP contribution in [-0.4, -0.2) is 25.0 Å². The molecule has 0 aromatic heterocycles. The number of methoxy groups -OCH3 is 1. The first-order valence-electron chi connectivity index (χ1n) is 5.95. The van der Waals surface area contributed by atoms with Gasteiger partial charge in [0.25, 0.3) is 5.91 Å². The van der Waals surface area contributed by atoms with E-state index in [1.54, 1.807) is 18.2 Å². The Morgan fingerprint density at radius 3 is 2.33 bits per heavy atom. The molecule has 0 aliphatic carbocycles. The number of carbonyl (C=O) groups is 2. The largest absolute Gasteiger partial charge is 0.465 e. The molecule has 0 fully saturated rings. The highest BCUT2D eigenvalue weighted by molar-refractivity contribution is 5.98. The SMILES string of the molecule is COC(=O)c1cccc(C(=O)NC(C)C(C)C)c1. The van der Waals surface area contributed by atoms with Gasteiger partial charge in [-0.25, -0.2) is 4.79 Å². The predicted octanol–water partition coefficient (Wildman–Crippen LogP) is 2.25. The normalized spacial score (nSPS) is 12.1. The van der Waals surface area contributed by atoms with Crippen LogP contribution in [0.2, 0.25) is 0 Å². The van der Waals surface area contributed by atoms with Gasteiger partial charge in [0, 0.05) is 11.6 Å². The van der Waals surface area contributed by atoms with Crippen LogP contribution in [0.1, 0.15) is 41.5 Å². The van der Waals surface area contributed by atoms with Gasteiger partial charge in [-0.2, -0.15) is 0 Å². The van der Waals surface area contributed by atoms with Gasteiger partial charge in [-0.1, -0.05) is 19.9 Å². The van der Waals surface area contributed by atoms with E-state index in [-0.39, 0.29) is 11.9 Å². The second-order valence-electron chi connectivity index (χ2n) is 4.58. The van der Waals surface area contributed by atoms with Crippen molar-refractivity contribution >= 4 is 11.9 Å². The lowest BCUT2D eigenvalue weighted by Gasteiger charge is -2.17. The lowest BCUT2D eigenvalue weighted by molar-refractivity contribution is 0.0600. The Balaban J connectivity index is 2.83. The van der Waals surface area contributed by atoms with Gasteiger partial charge in [0.15, 0.2) is 0 Å². The summed E-state index contributed by atoms with van der Waals surface area (Å²) in [4.78, 5) is 23.3. The van der Waals surface area contributed by atoms with Crippen molar-refractivity contribution in [3.63, 3.8) is 0 Å². The molecule has 0 bridgehead atoms. The Kier molecular flexibility index (Phi) is 4.89. The van der Waals surface area contributed by atoms with Gasteiger partial charge in [0.2, 0.25) is 0 Å². The van der Waals surface area contributed by atoms with Crippen LogP contribution in [0.15, 0.2) is 24.3 Å². The van der Waals surface area contributed by atoms with Crippen molar-refractivity contribution in [1.29, 1.82) is 0 Å². The molecule has 1 aromatic carbocycles. The van der Waals surface area contributed by atoms with Crippen LogP contribution in [-0.2, 0) is 4.74 Å². The van der Waals surface area contributed by atoms with Gasteiger partial charge in [-0.15, -0.1) is 0 Å². The predicted molar refractivity (Wildman–Crippen MR) is 69.5 cm³/mol. The Hall–Kier alpha value is -1.84. The maximum Gasteiger partial charge on any atom is 0.337 e. The van der Waals surface area contributed by atoms with Crippen LogP contribution in [0.3, 0.4) is 0 Å². The van der Waals surface area contributed by atoms with Crippen molar-refractivity contribution in [2.24, 2.45) is 5.92 Å². The number of esters is 1. The monoisotopic (exact) mass is 249 g/mol. The molecule has 18 heavy (non-hydrogen) atoms. The van der Waals surface area contributed by atoms with E-state index in [2.05, 4.69) is 10.1 Å². The number of nitrogens with one attached hydrogen (secondary N) is 1. The summed E-state index contributed by atoms with van der Waals surface area (Å²) in [6.07, 6.45) is 0. The summed E-state index contributed by atoms with van der Waals surface area (Å²) in [5.74, 6) is -0.263. The topological polar surface area (TPSA) is 55.4 Å². The van der Waals surface area contributed by atoms with Crippen molar-refractivity contribution in [3.8, 4) is 0 Å². The van der Waals surface area contributed by atoms with Crippen molar-refractivity contribution in [1.82, 2.24) is 5.32 Å². The zero-order valence-corrected chi connectivity index (χ0v) is 11.2. The van der Waals surface area contributed by atoms with Gasteiger partial charge < -0.3 is 10.1 Å². The first-order valence-corrected chi connectivity index (χ1v) is 5.95. The van der Waals surface area contributed by atoms with Crippen LogP contribution >= 0.6 is 0 Å². The van der Waals surface area contributed by atoms with Crippen molar-refractivity contribution in [2.45, 2.75) is 26.8 Å². The number of carbonyl (C=O) groups excluding carboxylic acids is 2. The zero-order valence-electron chi connectivity index (χ0n) is 11.2. The van der Waals surface area contributed by atoms with E-state index in [9.17, 15) is 9.59 Å². The summed E-state index contributed by atoms with van der Waals surface area (Å²) in [7, 11) is 1.32. The molecule has 1 unspecified atom stereocenters. The third kappa shape index (κ3) is 3.58. The number of hydrogen-bond acceptors (Lipinski definition) is 3. The average molecular weight is 249 g/mol. The molecule has 0 radical (unpaired) electrons. The fourth-order valence-corrected chi connectivity index (χ4v) is 1.36. The minimum Gasteiger partial charge on any atom is -0.465 e. The molecule has 0 saturated heterocycles. The molecule has 0 saturated carbocycles. The number of hydrogen-bond donors (Lipinski definition) is 1. The van der Waals surface area contributed by atoms with E-state index >= 15 is 0 Å². The number of rotatable bonds is 4. The fourth-order valence-electron chi connectivity index (χ4n) is 1.36. The number of benzene rings is 1. The number of ether oxygens (including phenoxy) is 1. The highest BCUT2D eigenvalue weighted by atomic mass is 16.5. The van der Waals surface area contributed by atoms with Crippen LogP contribution in [0.25, 0.3) is 0 Å². The van der Waals surface area contributed by atoms with Gasteiger partial charge in [-0.3, -0.25) is 4.79 Å². The molecule has 4 heteroatoms. The van der Waals surface area contributed by atoms with Crippen LogP contribution in [0.5, 0.6) is 0 Å². The highest BCUT2D eigenvalue weighted by Gasteiger charge is 2.14. The van der Waals surface area contributed by atoms with Gasteiger partial charge in [-0.05, 0) is 31.0 Å². The minimum atomic E-state index is -0.443. The van der Waals surface area contributed by atoms with Crippen molar-refractivity contribution in [3.05, 3.63) is 35.4 Å². The molecule has 1 amide bonds. The minimum absolute atomic E-state index is 0.0827. The summed E-state index contributed by atoms with van der Waals surface area (Å²) in [5.41, 5.74) is 0.841. The summed E-state index contributed by atoms with van der Waals surface area (Å²) in [5, 5.41) is 2.89. The summed E-state index contributed by atoms with van der Waals surface area (Å²) in [6, 6.07) is 6.58. The average Bonchev–Trinajstić information content (AvgIpc) is 2.37. The Morgan fingerprint density at radius 2 is 1.78 bits per heavy atom.